The van der Waals surface area contributed by atoms with E-state index in [2.05, 4.69) is 57.5 Å². The standard InChI is InChI=1S/C21H37Br/c1-20(2,3)15-7-8-17-13(10-15)9-14-11-16(21(4,5)6)12-18(22)19(14)17/h13-19H,7-12H2,1-6H3. The van der Waals surface area contributed by atoms with Crippen LogP contribution in [0.1, 0.15) is 80.1 Å². The molecule has 0 heterocycles. The molecule has 0 spiro atoms. The molecule has 0 aromatic carbocycles. The molecule has 0 aliphatic heterocycles. The lowest BCUT2D eigenvalue weighted by Crippen LogP contribution is -2.39. The first-order chi connectivity index (χ1) is 10.1. The zero-order chi connectivity index (χ0) is 16.3. The van der Waals surface area contributed by atoms with Gasteiger partial charge in [-0.25, -0.2) is 0 Å². The molecule has 3 fully saturated rings. The molecule has 0 aromatic rings. The third-order valence-corrected chi connectivity index (χ3v) is 8.63. The molecule has 0 saturated heterocycles. The molecule has 0 nitrogen and oxygen atoms in total. The first kappa shape index (κ1) is 17.3. The molecule has 0 radical (unpaired) electrons. The van der Waals surface area contributed by atoms with Crippen LogP contribution >= 0.6 is 15.9 Å². The van der Waals surface area contributed by atoms with Gasteiger partial charge in [0.15, 0.2) is 0 Å². The number of fused-ring (bicyclic) bond motifs is 3. The van der Waals surface area contributed by atoms with Gasteiger partial charge in [0.2, 0.25) is 0 Å². The van der Waals surface area contributed by atoms with Gasteiger partial charge in [-0.2, -0.15) is 0 Å². The van der Waals surface area contributed by atoms with Crippen LogP contribution in [0.25, 0.3) is 0 Å². The monoisotopic (exact) mass is 368 g/mol. The fourth-order valence-corrected chi connectivity index (χ4v) is 7.44. The maximum absolute atomic E-state index is 4.14. The van der Waals surface area contributed by atoms with Crippen LogP contribution in [0.5, 0.6) is 0 Å². The predicted octanol–water partition coefficient (Wildman–Crippen LogP) is 6.92. The topological polar surface area (TPSA) is 0 Å². The molecule has 3 aliphatic carbocycles. The quantitative estimate of drug-likeness (QED) is 0.407. The Morgan fingerprint density at radius 1 is 0.682 bits per heavy atom. The van der Waals surface area contributed by atoms with Gasteiger partial charge >= 0.3 is 0 Å². The van der Waals surface area contributed by atoms with Crippen molar-refractivity contribution in [2.24, 2.45) is 46.3 Å². The molecule has 3 saturated carbocycles. The molecule has 7 atom stereocenters. The molecule has 7 unspecified atom stereocenters. The average molecular weight is 369 g/mol. The highest BCUT2D eigenvalue weighted by Crippen LogP contribution is 2.60. The summed E-state index contributed by atoms with van der Waals surface area (Å²) in [5.74, 6) is 5.94. The summed E-state index contributed by atoms with van der Waals surface area (Å²) in [6.45, 7) is 14.7. The molecule has 0 bridgehead atoms. The third-order valence-electron chi connectivity index (χ3n) is 7.65. The molecule has 3 rings (SSSR count). The van der Waals surface area contributed by atoms with Crippen molar-refractivity contribution in [2.75, 3.05) is 0 Å². The highest BCUT2D eigenvalue weighted by molar-refractivity contribution is 9.09. The minimum atomic E-state index is 0.485. The summed E-state index contributed by atoms with van der Waals surface area (Å²) in [6.07, 6.45) is 8.96. The van der Waals surface area contributed by atoms with E-state index in [0.29, 0.717) is 10.8 Å². The zero-order valence-electron chi connectivity index (χ0n) is 15.7. The summed E-state index contributed by atoms with van der Waals surface area (Å²) in [7, 11) is 0. The minimum Gasteiger partial charge on any atom is -0.0887 e. The number of rotatable bonds is 0. The molecular formula is C21H37Br. The van der Waals surface area contributed by atoms with Crippen molar-refractivity contribution in [1.29, 1.82) is 0 Å². The van der Waals surface area contributed by atoms with Gasteiger partial charge in [-0.05, 0) is 84.9 Å². The van der Waals surface area contributed by atoms with Gasteiger partial charge in [0.25, 0.3) is 0 Å². The Balaban J connectivity index is 1.72. The van der Waals surface area contributed by atoms with Crippen LogP contribution in [0.4, 0.5) is 0 Å². The van der Waals surface area contributed by atoms with Gasteiger partial charge < -0.3 is 0 Å². The SMILES string of the molecule is CC(C)(C)C1CCC2C(CC3CC(C(C)(C)C)CC(Br)C32)C1. The lowest BCUT2D eigenvalue weighted by atomic mass is 9.62. The summed E-state index contributed by atoms with van der Waals surface area (Å²) in [5, 5.41) is 0. The Hall–Kier alpha value is 0.480. The second-order valence-electron chi connectivity index (χ2n) is 10.9. The number of alkyl halides is 1. The van der Waals surface area contributed by atoms with E-state index in [1.165, 1.54) is 38.5 Å². The Morgan fingerprint density at radius 3 is 1.86 bits per heavy atom. The summed E-state index contributed by atoms with van der Waals surface area (Å²) in [4.78, 5) is 0.789. The Kier molecular flexibility index (Phi) is 4.55. The fraction of sp³-hybridized carbons (Fsp3) is 1.00. The fourth-order valence-electron chi connectivity index (χ4n) is 6.16. The number of halogens is 1. The van der Waals surface area contributed by atoms with E-state index in [-0.39, 0.29) is 0 Å². The Bertz CT molecular complexity index is 399. The maximum atomic E-state index is 4.14. The number of hydrogen-bond donors (Lipinski definition) is 0. The summed E-state index contributed by atoms with van der Waals surface area (Å²) in [5.41, 5.74) is 0.999. The lowest BCUT2D eigenvalue weighted by Gasteiger charge is -2.45. The van der Waals surface area contributed by atoms with Crippen LogP contribution in [0.3, 0.4) is 0 Å². The first-order valence-electron chi connectivity index (χ1n) is 9.71. The van der Waals surface area contributed by atoms with Crippen molar-refractivity contribution >= 4 is 15.9 Å². The molecule has 128 valence electrons. The van der Waals surface area contributed by atoms with Crippen molar-refractivity contribution in [2.45, 2.75) is 84.9 Å². The van der Waals surface area contributed by atoms with Crippen LogP contribution < -0.4 is 0 Å². The molecule has 3 aliphatic rings. The van der Waals surface area contributed by atoms with E-state index in [1.54, 1.807) is 0 Å². The van der Waals surface area contributed by atoms with Gasteiger partial charge in [0.05, 0.1) is 0 Å². The summed E-state index contributed by atoms with van der Waals surface area (Å²) >= 11 is 4.14. The molecular weight excluding hydrogens is 332 g/mol. The van der Waals surface area contributed by atoms with Gasteiger partial charge in [0, 0.05) is 4.83 Å². The Morgan fingerprint density at radius 2 is 1.27 bits per heavy atom. The second-order valence-corrected chi connectivity index (χ2v) is 12.1. The highest BCUT2D eigenvalue weighted by atomic mass is 79.9. The van der Waals surface area contributed by atoms with Crippen molar-refractivity contribution in [3.63, 3.8) is 0 Å². The minimum absolute atomic E-state index is 0.485. The average Bonchev–Trinajstić information content (AvgIpc) is 2.74. The predicted molar refractivity (Wildman–Crippen MR) is 100 cm³/mol. The molecule has 1 heteroatoms. The van der Waals surface area contributed by atoms with Gasteiger partial charge in [-0.1, -0.05) is 57.5 Å². The third kappa shape index (κ3) is 3.17. The molecule has 0 N–H and O–H groups in total. The smallest absolute Gasteiger partial charge is 0.0182 e. The highest BCUT2D eigenvalue weighted by Gasteiger charge is 2.52. The van der Waals surface area contributed by atoms with Crippen LogP contribution in [0, 0.1) is 46.3 Å². The largest absolute Gasteiger partial charge is 0.0887 e. The van der Waals surface area contributed by atoms with E-state index in [1.807, 2.05) is 0 Å². The summed E-state index contributed by atoms with van der Waals surface area (Å²) in [6, 6.07) is 0. The van der Waals surface area contributed by atoms with Gasteiger partial charge in [0.1, 0.15) is 0 Å². The van der Waals surface area contributed by atoms with Gasteiger partial charge in [-0.15, -0.1) is 0 Å². The van der Waals surface area contributed by atoms with E-state index in [9.17, 15) is 0 Å². The van der Waals surface area contributed by atoms with Crippen LogP contribution in [0.15, 0.2) is 0 Å². The van der Waals surface area contributed by atoms with E-state index < -0.39 is 0 Å². The van der Waals surface area contributed by atoms with Crippen molar-refractivity contribution < 1.29 is 0 Å². The van der Waals surface area contributed by atoms with Crippen LogP contribution in [-0.4, -0.2) is 4.83 Å². The number of hydrogen-bond acceptors (Lipinski definition) is 0. The van der Waals surface area contributed by atoms with E-state index in [0.717, 1.165) is 40.3 Å². The second kappa shape index (κ2) is 5.78. The molecule has 22 heavy (non-hydrogen) atoms. The van der Waals surface area contributed by atoms with Crippen LogP contribution in [-0.2, 0) is 0 Å². The zero-order valence-corrected chi connectivity index (χ0v) is 17.2. The Labute approximate surface area is 147 Å². The molecule has 0 amide bonds. The first-order valence-corrected chi connectivity index (χ1v) is 10.6. The van der Waals surface area contributed by atoms with Crippen molar-refractivity contribution in [3.8, 4) is 0 Å². The summed E-state index contributed by atoms with van der Waals surface area (Å²) < 4.78 is 0. The molecule has 0 aromatic heterocycles. The van der Waals surface area contributed by atoms with Crippen molar-refractivity contribution in [1.82, 2.24) is 0 Å². The maximum Gasteiger partial charge on any atom is 0.0182 e. The van der Waals surface area contributed by atoms with E-state index >= 15 is 0 Å². The van der Waals surface area contributed by atoms with Crippen LogP contribution in [0.2, 0.25) is 0 Å². The normalized spacial score (nSPS) is 46.2. The van der Waals surface area contributed by atoms with Gasteiger partial charge in [-0.3, -0.25) is 0 Å². The lowest BCUT2D eigenvalue weighted by molar-refractivity contribution is 0.0777. The van der Waals surface area contributed by atoms with Crippen molar-refractivity contribution in [3.05, 3.63) is 0 Å². The van der Waals surface area contributed by atoms with E-state index in [4.69, 9.17) is 0 Å².